The maximum absolute atomic E-state index is 12.3. The molecule has 2 aliphatic rings. The van der Waals surface area contributed by atoms with Crippen LogP contribution in [-0.4, -0.2) is 5.91 Å². The summed E-state index contributed by atoms with van der Waals surface area (Å²) in [5, 5.41) is 4.10. The number of carbonyl (C=O) groups is 1. The fourth-order valence-electron chi connectivity index (χ4n) is 3.41. The molecule has 1 aromatic carbocycles. The SMILES string of the molecule is O=C(Nc1cc(Cl)c(Cl)cc1Cl)C1CC2CCC1C2. The summed E-state index contributed by atoms with van der Waals surface area (Å²) in [6, 6.07) is 3.17. The molecule has 2 bridgehead atoms. The van der Waals surface area contributed by atoms with Crippen LogP contribution in [0.4, 0.5) is 5.69 Å². The van der Waals surface area contributed by atoms with Crippen molar-refractivity contribution in [2.75, 3.05) is 5.32 Å². The van der Waals surface area contributed by atoms with Gasteiger partial charge >= 0.3 is 0 Å². The number of rotatable bonds is 2. The van der Waals surface area contributed by atoms with E-state index in [1.165, 1.54) is 19.3 Å². The van der Waals surface area contributed by atoms with Gasteiger partial charge in [0.05, 0.1) is 20.8 Å². The van der Waals surface area contributed by atoms with Crippen molar-refractivity contribution in [1.82, 2.24) is 0 Å². The third kappa shape index (κ3) is 2.58. The second kappa shape index (κ2) is 5.16. The van der Waals surface area contributed by atoms with Crippen LogP contribution in [0.15, 0.2) is 12.1 Å². The number of hydrogen-bond acceptors (Lipinski definition) is 1. The van der Waals surface area contributed by atoms with E-state index in [9.17, 15) is 4.79 Å². The molecule has 102 valence electrons. The summed E-state index contributed by atoms with van der Waals surface area (Å²) in [4.78, 5) is 12.3. The maximum Gasteiger partial charge on any atom is 0.227 e. The Labute approximate surface area is 127 Å². The minimum Gasteiger partial charge on any atom is -0.324 e. The molecular weight excluding hydrogens is 305 g/mol. The van der Waals surface area contributed by atoms with Crippen molar-refractivity contribution >= 4 is 46.4 Å². The van der Waals surface area contributed by atoms with Crippen LogP contribution in [-0.2, 0) is 4.79 Å². The Morgan fingerprint density at radius 3 is 2.42 bits per heavy atom. The standard InChI is InChI=1S/C14H14Cl3NO/c15-10-5-12(17)13(6-11(10)16)18-14(19)9-4-7-1-2-8(9)3-7/h5-9H,1-4H2,(H,18,19). The van der Waals surface area contributed by atoms with Crippen molar-refractivity contribution in [3.63, 3.8) is 0 Å². The topological polar surface area (TPSA) is 29.1 Å². The number of nitrogens with one attached hydrogen (secondary N) is 1. The fourth-order valence-corrected chi connectivity index (χ4v) is 4.00. The first-order valence-electron chi connectivity index (χ1n) is 6.50. The molecule has 0 saturated heterocycles. The number of amides is 1. The molecule has 2 fully saturated rings. The molecule has 0 aliphatic heterocycles. The number of halogens is 3. The van der Waals surface area contributed by atoms with Crippen molar-refractivity contribution in [1.29, 1.82) is 0 Å². The molecule has 0 radical (unpaired) electrons. The van der Waals surface area contributed by atoms with Crippen LogP contribution in [0.2, 0.25) is 15.1 Å². The van der Waals surface area contributed by atoms with Crippen LogP contribution in [0.25, 0.3) is 0 Å². The largest absolute Gasteiger partial charge is 0.324 e. The number of carbonyl (C=O) groups excluding carboxylic acids is 1. The van der Waals surface area contributed by atoms with Gasteiger partial charge in [-0.1, -0.05) is 41.2 Å². The predicted octanol–water partition coefficient (Wildman–Crippen LogP) is 5.02. The molecule has 2 aliphatic carbocycles. The molecule has 2 nitrogen and oxygen atoms in total. The normalized spacial score (nSPS) is 28.7. The van der Waals surface area contributed by atoms with Gasteiger partial charge in [-0.15, -0.1) is 0 Å². The maximum atomic E-state index is 12.3. The Bertz CT molecular complexity index is 532. The summed E-state index contributed by atoms with van der Waals surface area (Å²) >= 11 is 17.9. The van der Waals surface area contributed by atoms with Gasteiger partial charge in [0.15, 0.2) is 0 Å². The lowest BCUT2D eigenvalue weighted by atomic mass is 9.88. The van der Waals surface area contributed by atoms with E-state index in [0.717, 1.165) is 12.3 Å². The first kappa shape index (κ1) is 13.5. The molecule has 5 heteroatoms. The van der Waals surface area contributed by atoms with Crippen LogP contribution in [0.5, 0.6) is 0 Å². The van der Waals surface area contributed by atoms with Gasteiger partial charge in [-0.3, -0.25) is 4.79 Å². The Balaban J connectivity index is 1.75. The highest BCUT2D eigenvalue weighted by Crippen LogP contribution is 2.48. The first-order chi connectivity index (χ1) is 9.04. The highest BCUT2D eigenvalue weighted by atomic mass is 35.5. The van der Waals surface area contributed by atoms with Crippen LogP contribution >= 0.6 is 34.8 Å². The summed E-state index contributed by atoms with van der Waals surface area (Å²) in [6.07, 6.45) is 4.67. The smallest absolute Gasteiger partial charge is 0.227 e. The van der Waals surface area contributed by atoms with E-state index in [0.29, 0.717) is 26.7 Å². The summed E-state index contributed by atoms with van der Waals surface area (Å²) < 4.78 is 0. The van der Waals surface area contributed by atoms with Crippen molar-refractivity contribution < 1.29 is 4.79 Å². The average Bonchev–Trinajstić information content (AvgIpc) is 2.98. The highest BCUT2D eigenvalue weighted by Gasteiger charge is 2.43. The third-order valence-electron chi connectivity index (χ3n) is 4.34. The number of benzene rings is 1. The molecule has 1 N–H and O–H groups in total. The average molecular weight is 319 g/mol. The van der Waals surface area contributed by atoms with Gasteiger partial charge in [-0.2, -0.15) is 0 Å². The molecule has 0 heterocycles. The highest BCUT2D eigenvalue weighted by molar-refractivity contribution is 6.44. The van der Waals surface area contributed by atoms with Crippen molar-refractivity contribution in [3.8, 4) is 0 Å². The van der Waals surface area contributed by atoms with Gasteiger partial charge in [0.1, 0.15) is 0 Å². The van der Waals surface area contributed by atoms with E-state index in [1.54, 1.807) is 12.1 Å². The van der Waals surface area contributed by atoms with Crippen molar-refractivity contribution in [2.45, 2.75) is 25.7 Å². The monoisotopic (exact) mass is 317 g/mol. The summed E-state index contributed by atoms with van der Waals surface area (Å²) in [6.45, 7) is 0. The van der Waals surface area contributed by atoms with Crippen LogP contribution < -0.4 is 5.32 Å². The Hall–Kier alpha value is -0.440. The van der Waals surface area contributed by atoms with Crippen LogP contribution in [0, 0.1) is 17.8 Å². The number of fused-ring (bicyclic) bond motifs is 2. The first-order valence-corrected chi connectivity index (χ1v) is 7.63. The molecule has 3 rings (SSSR count). The van der Waals surface area contributed by atoms with E-state index in [4.69, 9.17) is 34.8 Å². The minimum atomic E-state index is 0.0625. The van der Waals surface area contributed by atoms with E-state index < -0.39 is 0 Å². The molecule has 0 aromatic heterocycles. The third-order valence-corrected chi connectivity index (χ3v) is 5.38. The van der Waals surface area contributed by atoms with E-state index in [-0.39, 0.29) is 11.8 Å². The van der Waals surface area contributed by atoms with E-state index in [1.807, 2.05) is 0 Å². The molecule has 0 spiro atoms. The summed E-state index contributed by atoms with van der Waals surface area (Å²) in [5.74, 6) is 1.48. The van der Waals surface area contributed by atoms with Crippen LogP contribution in [0.3, 0.4) is 0 Å². The summed E-state index contributed by atoms with van der Waals surface area (Å²) in [5.41, 5.74) is 0.545. The van der Waals surface area contributed by atoms with Gasteiger partial charge in [0.2, 0.25) is 5.91 Å². The lowest BCUT2D eigenvalue weighted by Gasteiger charge is -2.21. The zero-order valence-electron chi connectivity index (χ0n) is 10.3. The van der Waals surface area contributed by atoms with Gasteiger partial charge in [-0.05, 0) is 43.2 Å². The van der Waals surface area contributed by atoms with Gasteiger partial charge in [0, 0.05) is 5.92 Å². The molecule has 19 heavy (non-hydrogen) atoms. The minimum absolute atomic E-state index is 0.0625. The van der Waals surface area contributed by atoms with Gasteiger partial charge in [-0.25, -0.2) is 0 Å². The second-order valence-electron chi connectivity index (χ2n) is 5.52. The number of hydrogen-bond donors (Lipinski definition) is 1. The lowest BCUT2D eigenvalue weighted by molar-refractivity contribution is -0.121. The van der Waals surface area contributed by atoms with Crippen LogP contribution in [0.1, 0.15) is 25.7 Å². The molecule has 3 unspecified atom stereocenters. The molecule has 1 aromatic rings. The quantitative estimate of drug-likeness (QED) is 0.762. The zero-order chi connectivity index (χ0) is 13.6. The second-order valence-corrected chi connectivity index (χ2v) is 6.74. The molecule has 2 saturated carbocycles. The molecule has 1 amide bonds. The van der Waals surface area contributed by atoms with Gasteiger partial charge < -0.3 is 5.32 Å². The van der Waals surface area contributed by atoms with E-state index >= 15 is 0 Å². The fraction of sp³-hybridized carbons (Fsp3) is 0.500. The molecule has 3 atom stereocenters. The zero-order valence-corrected chi connectivity index (χ0v) is 12.5. The Morgan fingerprint density at radius 2 is 1.79 bits per heavy atom. The van der Waals surface area contributed by atoms with Crippen molar-refractivity contribution in [2.24, 2.45) is 17.8 Å². The van der Waals surface area contributed by atoms with E-state index in [2.05, 4.69) is 5.32 Å². The lowest BCUT2D eigenvalue weighted by Crippen LogP contribution is -2.27. The molecular formula is C14H14Cl3NO. The number of anilines is 1. The Kier molecular flexibility index (Phi) is 3.67. The predicted molar refractivity (Wildman–Crippen MR) is 79.0 cm³/mol. The van der Waals surface area contributed by atoms with Gasteiger partial charge in [0.25, 0.3) is 0 Å². The summed E-state index contributed by atoms with van der Waals surface area (Å²) in [7, 11) is 0. The Morgan fingerprint density at radius 1 is 1.05 bits per heavy atom. The van der Waals surface area contributed by atoms with Crippen molar-refractivity contribution in [3.05, 3.63) is 27.2 Å².